The Kier molecular flexibility index (Phi) is 5.35. The van der Waals surface area contributed by atoms with E-state index in [0.717, 1.165) is 37.9 Å². The molecule has 24 heavy (non-hydrogen) atoms. The molecule has 3 rings (SSSR count). The van der Waals surface area contributed by atoms with E-state index in [4.69, 9.17) is 4.84 Å². The molecule has 0 aromatic heterocycles. The van der Waals surface area contributed by atoms with E-state index in [1.165, 1.54) is 0 Å². The molecule has 2 aliphatic rings. The topological polar surface area (TPSA) is 61.9 Å². The number of carbonyl (C=O) groups excluding carboxylic acids is 2. The van der Waals surface area contributed by atoms with Crippen LogP contribution in [-0.4, -0.2) is 47.9 Å². The highest BCUT2D eigenvalue weighted by Gasteiger charge is 2.34. The van der Waals surface area contributed by atoms with Gasteiger partial charge in [0.2, 0.25) is 5.91 Å². The van der Waals surface area contributed by atoms with Gasteiger partial charge in [-0.1, -0.05) is 30.3 Å². The van der Waals surface area contributed by atoms with Crippen LogP contribution in [0.1, 0.15) is 37.9 Å². The second-order valence-electron chi connectivity index (χ2n) is 6.54. The lowest BCUT2D eigenvalue weighted by atomic mass is 10.1. The van der Waals surface area contributed by atoms with Crippen LogP contribution < -0.4 is 5.48 Å². The molecule has 6 heteroatoms. The van der Waals surface area contributed by atoms with E-state index in [1.54, 1.807) is 4.90 Å². The Morgan fingerprint density at radius 3 is 2.54 bits per heavy atom. The summed E-state index contributed by atoms with van der Waals surface area (Å²) in [5.74, 6) is 0.127. The van der Waals surface area contributed by atoms with Crippen LogP contribution in [0.3, 0.4) is 0 Å². The molecule has 0 radical (unpaired) electrons. The molecule has 0 bridgehead atoms. The van der Waals surface area contributed by atoms with Crippen LogP contribution >= 0.6 is 0 Å². The summed E-state index contributed by atoms with van der Waals surface area (Å²) in [5.41, 5.74) is 3.52. The average molecular weight is 331 g/mol. The predicted molar refractivity (Wildman–Crippen MR) is 90.0 cm³/mol. The molecule has 130 valence electrons. The molecule has 2 unspecified atom stereocenters. The number of urea groups is 1. The van der Waals surface area contributed by atoms with E-state index in [9.17, 15) is 9.59 Å². The van der Waals surface area contributed by atoms with Crippen LogP contribution in [0.15, 0.2) is 30.3 Å². The molecular weight excluding hydrogens is 306 g/mol. The van der Waals surface area contributed by atoms with Gasteiger partial charge in [0.25, 0.3) is 0 Å². The zero-order valence-corrected chi connectivity index (χ0v) is 14.1. The molecule has 3 amide bonds. The van der Waals surface area contributed by atoms with Crippen LogP contribution in [0, 0.1) is 5.92 Å². The van der Waals surface area contributed by atoms with Crippen LogP contribution in [0.4, 0.5) is 4.79 Å². The van der Waals surface area contributed by atoms with E-state index in [2.05, 4.69) is 5.48 Å². The monoisotopic (exact) mass is 331 g/mol. The summed E-state index contributed by atoms with van der Waals surface area (Å²) in [6.07, 6.45) is 2.69. The molecule has 0 spiro atoms. The average Bonchev–Trinajstić information content (AvgIpc) is 3.31. The molecule has 6 nitrogen and oxygen atoms in total. The lowest BCUT2D eigenvalue weighted by Crippen LogP contribution is -2.40. The molecule has 2 saturated heterocycles. The highest BCUT2D eigenvalue weighted by molar-refractivity contribution is 5.81. The van der Waals surface area contributed by atoms with Gasteiger partial charge in [0.1, 0.15) is 6.10 Å². The van der Waals surface area contributed by atoms with Crippen molar-refractivity contribution in [1.82, 2.24) is 15.3 Å². The Morgan fingerprint density at radius 1 is 1.12 bits per heavy atom. The minimum absolute atomic E-state index is 0.0691. The first-order valence-electron chi connectivity index (χ1n) is 8.69. The molecular formula is C18H25N3O3. The van der Waals surface area contributed by atoms with Crippen LogP contribution in [-0.2, 0) is 9.63 Å². The third-order valence-corrected chi connectivity index (χ3v) is 4.83. The first kappa shape index (κ1) is 16.8. The number of nitrogens with zero attached hydrogens (tertiary/aromatic N) is 2. The number of benzene rings is 1. The Bertz CT molecular complexity index is 572. The van der Waals surface area contributed by atoms with Crippen molar-refractivity contribution in [3.63, 3.8) is 0 Å². The SMILES string of the molecule is CC(ONC(=O)N1CCC(C(=O)N2CCCC2)C1)c1ccccc1. The van der Waals surface area contributed by atoms with Crippen molar-refractivity contribution >= 4 is 11.9 Å². The van der Waals surface area contributed by atoms with Crippen LogP contribution in [0.5, 0.6) is 0 Å². The van der Waals surface area contributed by atoms with E-state index in [-0.39, 0.29) is 24.0 Å². The summed E-state index contributed by atoms with van der Waals surface area (Å²) in [6.45, 7) is 4.68. The van der Waals surface area contributed by atoms with Gasteiger partial charge in [-0.15, -0.1) is 0 Å². The Labute approximate surface area is 142 Å². The standard InChI is InChI=1S/C18H25N3O3/c1-14(15-7-3-2-4-8-15)24-19-18(23)21-12-9-16(13-21)17(22)20-10-5-6-11-20/h2-4,7-8,14,16H,5-6,9-13H2,1H3,(H,19,23). The van der Waals surface area contributed by atoms with E-state index in [1.807, 2.05) is 42.2 Å². The number of nitrogens with one attached hydrogen (secondary N) is 1. The lowest BCUT2D eigenvalue weighted by molar-refractivity contribution is -0.133. The van der Waals surface area contributed by atoms with Gasteiger partial charge >= 0.3 is 6.03 Å². The van der Waals surface area contributed by atoms with Crippen molar-refractivity contribution in [3.8, 4) is 0 Å². The number of carbonyl (C=O) groups is 2. The van der Waals surface area contributed by atoms with Gasteiger partial charge in [0, 0.05) is 26.2 Å². The second kappa shape index (κ2) is 7.66. The zero-order chi connectivity index (χ0) is 16.9. The number of hydroxylamine groups is 1. The summed E-state index contributed by atoms with van der Waals surface area (Å²) in [6, 6.07) is 9.46. The van der Waals surface area contributed by atoms with E-state index in [0.29, 0.717) is 13.1 Å². The number of hydrogen-bond donors (Lipinski definition) is 1. The molecule has 0 saturated carbocycles. The summed E-state index contributed by atoms with van der Waals surface area (Å²) in [5, 5.41) is 0. The Balaban J connectivity index is 1.45. The first-order valence-corrected chi connectivity index (χ1v) is 8.69. The molecule has 1 aromatic rings. The first-order chi connectivity index (χ1) is 11.6. The zero-order valence-electron chi connectivity index (χ0n) is 14.1. The normalized spacial score (nSPS) is 21.8. The number of likely N-dealkylation sites (tertiary alicyclic amines) is 2. The van der Waals surface area contributed by atoms with Crippen molar-refractivity contribution in [2.24, 2.45) is 5.92 Å². The Morgan fingerprint density at radius 2 is 1.83 bits per heavy atom. The van der Waals surface area contributed by atoms with Crippen molar-refractivity contribution in [2.45, 2.75) is 32.3 Å². The van der Waals surface area contributed by atoms with Gasteiger partial charge in [-0.3, -0.25) is 9.63 Å². The summed E-state index contributed by atoms with van der Waals surface area (Å²) in [7, 11) is 0. The fraction of sp³-hybridized carbons (Fsp3) is 0.556. The minimum atomic E-state index is -0.269. The van der Waals surface area contributed by atoms with Crippen molar-refractivity contribution in [1.29, 1.82) is 0 Å². The number of amides is 3. The van der Waals surface area contributed by atoms with Gasteiger partial charge in [0.05, 0.1) is 5.92 Å². The molecule has 0 aliphatic carbocycles. The smallest absolute Gasteiger partial charge is 0.341 e. The summed E-state index contributed by atoms with van der Waals surface area (Å²) < 4.78 is 0. The van der Waals surface area contributed by atoms with E-state index < -0.39 is 0 Å². The number of hydrogen-bond acceptors (Lipinski definition) is 3. The highest BCUT2D eigenvalue weighted by atomic mass is 16.7. The predicted octanol–water partition coefficient (Wildman–Crippen LogP) is 2.33. The number of rotatable bonds is 4. The lowest BCUT2D eigenvalue weighted by Gasteiger charge is -2.21. The van der Waals surface area contributed by atoms with Gasteiger partial charge in [0.15, 0.2) is 0 Å². The minimum Gasteiger partial charge on any atom is -0.342 e. The third-order valence-electron chi connectivity index (χ3n) is 4.83. The molecule has 2 aliphatic heterocycles. The van der Waals surface area contributed by atoms with Crippen LogP contribution in [0.25, 0.3) is 0 Å². The molecule has 2 atom stereocenters. The molecule has 1 N–H and O–H groups in total. The fourth-order valence-electron chi connectivity index (χ4n) is 3.34. The van der Waals surface area contributed by atoms with Crippen molar-refractivity contribution < 1.29 is 14.4 Å². The summed E-state index contributed by atoms with van der Waals surface area (Å²) >= 11 is 0. The van der Waals surface area contributed by atoms with Crippen LogP contribution in [0.2, 0.25) is 0 Å². The summed E-state index contributed by atoms with van der Waals surface area (Å²) in [4.78, 5) is 33.7. The van der Waals surface area contributed by atoms with Gasteiger partial charge in [-0.05, 0) is 31.7 Å². The Hall–Kier alpha value is -2.08. The van der Waals surface area contributed by atoms with Gasteiger partial charge in [-0.2, -0.15) is 0 Å². The molecule has 2 fully saturated rings. The van der Waals surface area contributed by atoms with Gasteiger partial charge < -0.3 is 9.80 Å². The largest absolute Gasteiger partial charge is 0.342 e. The molecule has 1 aromatic carbocycles. The maximum Gasteiger partial charge on any atom is 0.341 e. The molecule has 2 heterocycles. The van der Waals surface area contributed by atoms with Gasteiger partial charge in [-0.25, -0.2) is 10.3 Å². The van der Waals surface area contributed by atoms with Crippen molar-refractivity contribution in [3.05, 3.63) is 35.9 Å². The quantitative estimate of drug-likeness (QED) is 0.862. The fourth-order valence-corrected chi connectivity index (χ4v) is 3.34. The second-order valence-corrected chi connectivity index (χ2v) is 6.54. The highest BCUT2D eigenvalue weighted by Crippen LogP contribution is 2.21. The maximum atomic E-state index is 12.4. The van der Waals surface area contributed by atoms with Crippen molar-refractivity contribution in [2.75, 3.05) is 26.2 Å². The maximum absolute atomic E-state index is 12.4. The third kappa shape index (κ3) is 3.87. The van der Waals surface area contributed by atoms with E-state index >= 15 is 0 Å².